The van der Waals surface area contributed by atoms with Crippen LogP contribution in [0.5, 0.6) is 0 Å². The number of carbonyl (C=O) groups is 3. The summed E-state index contributed by atoms with van der Waals surface area (Å²) >= 11 is 1.45. The third-order valence-electron chi connectivity index (χ3n) is 4.12. The molecular formula is C19H27NO4S. The molecule has 2 rings (SSSR count). The maximum Gasteiger partial charge on any atom is 0.220 e. The van der Waals surface area contributed by atoms with Crippen LogP contribution in [0.25, 0.3) is 0 Å². The number of rotatable bonds is 13. The number of ether oxygens (including phenoxy) is 1. The third-order valence-corrected chi connectivity index (χ3v) is 5.16. The smallest absolute Gasteiger partial charge is 0.220 e. The topological polar surface area (TPSA) is 72.5 Å². The average molecular weight is 365 g/mol. The van der Waals surface area contributed by atoms with E-state index in [9.17, 15) is 14.4 Å². The number of nitrogens with one attached hydrogen (secondary N) is 1. The maximum absolute atomic E-state index is 11.9. The molecule has 5 nitrogen and oxygen atoms in total. The van der Waals surface area contributed by atoms with Crippen LogP contribution < -0.4 is 5.32 Å². The summed E-state index contributed by atoms with van der Waals surface area (Å²) in [5, 5.41) is 2.80. The molecule has 1 N–H and O–H groups in total. The first-order valence-electron chi connectivity index (χ1n) is 9.00. The maximum atomic E-state index is 11.9. The van der Waals surface area contributed by atoms with Gasteiger partial charge in [-0.2, -0.15) is 0 Å². The molecule has 1 fully saturated rings. The lowest BCUT2D eigenvalue weighted by molar-refractivity contribution is -0.125. The Hall–Kier alpha value is -1.53. The van der Waals surface area contributed by atoms with E-state index in [4.69, 9.17) is 4.74 Å². The van der Waals surface area contributed by atoms with Crippen molar-refractivity contribution in [3.8, 4) is 0 Å². The predicted octanol–water partition coefficient (Wildman–Crippen LogP) is 3.30. The molecule has 1 amide bonds. The van der Waals surface area contributed by atoms with E-state index in [0.717, 1.165) is 23.8 Å². The molecule has 0 aliphatic heterocycles. The fourth-order valence-corrected chi connectivity index (χ4v) is 3.20. The van der Waals surface area contributed by atoms with Crippen molar-refractivity contribution < 1.29 is 19.1 Å². The Labute approximate surface area is 153 Å². The van der Waals surface area contributed by atoms with Gasteiger partial charge < -0.3 is 10.1 Å². The summed E-state index contributed by atoms with van der Waals surface area (Å²) in [6, 6.07) is 3.70. The lowest BCUT2D eigenvalue weighted by atomic mass is 10.1. The standard InChI is InChI=1S/C19H27NO4S/c1-14-3-9-18(25-14)17(22)8-6-16(21)7-10-19(23)20-11-2-12-24-13-15-4-5-15/h3,9,15H,2,4-8,10-13H2,1H3,(H,20,23). The van der Waals surface area contributed by atoms with Gasteiger partial charge in [-0.1, -0.05) is 0 Å². The van der Waals surface area contributed by atoms with Crippen molar-refractivity contribution in [2.24, 2.45) is 5.92 Å². The van der Waals surface area contributed by atoms with Crippen LogP contribution in [0, 0.1) is 12.8 Å². The first-order valence-corrected chi connectivity index (χ1v) is 9.82. The molecular weight excluding hydrogens is 338 g/mol. The van der Waals surface area contributed by atoms with E-state index in [-0.39, 0.29) is 43.2 Å². The molecule has 0 spiro atoms. The highest BCUT2D eigenvalue weighted by Gasteiger charge is 2.20. The van der Waals surface area contributed by atoms with Gasteiger partial charge in [0.1, 0.15) is 5.78 Å². The molecule has 1 aliphatic carbocycles. The molecule has 0 bridgehead atoms. The number of thiophene rings is 1. The average Bonchev–Trinajstić information content (AvgIpc) is 3.32. The van der Waals surface area contributed by atoms with Crippen LogP contribution in [0.2, 0.25) is 0 Å². The molecule has 1 aliphatic rings. The van der Waals surface area contributed by atoms with E-state index in [1.807, 2.05) is 13.0 Å². The molecule has 0 radical (unpaired) electrons. The molecule has 1 saturated carbocycles. The van der Waals surface area contributed by atoms with Crippen LogP contribution in [0.4, 0.5) is 0 Å². The SMILES string of the molecule is Cc1ccc(C(=O)CCC(=O)CCC(=O)NCCCOCC2CC2)s1. The summed E-state index contributed by atoms with van der Waals surface area (Å²) in [5.74, 6) is 0.610. The van der Waals surface area contributed by atoms with Crippen LogP contribution in [0.15, 0.2) is 12.1 Å². The van der Waals surface area contributed by atoms with Gasteiger partial charge in [0.2, 0.25) is 5.91 Å². The van der Waals surface area contributed by atoms with Crippen molar-refractivity contribution >= 4 is 28.8 Å². The first-order chi connectivity index (χ1) is 12.0. The van der Waals surface area contributed by atoms with Gasteiger partial charge in [-0.25, -0.2) is 0 Å². The van der Waals surface area contributed by atoms with Gasteiger partial charge in [0.25, 0.3) is 0 Å². The van der Waals surface area contributed by atoms with Gasteiger partial charge in [0.15, 0.2) is 5.78 Å². The van der Waals surface area contributed by atoms with Crippen LogP contribution >= 0.6 is 11.3 Å². The molecule has 0 aromatic carbocycles. The van der Waals surface area contributed by atoms with E-state index in [1.165, 1.54) is 24.2 Å². The quantitative estimate of drug-likeness (QED) is 0.430. The molecule has 138 valence electrons. The normalized spacial score (nSPS) is 13.6. The Morgan fingerprint density at radius 1 is 1.16 bits per heavy atom. The van der Waals surface area contributed by atoms with Crippen molar-refractivity contribution in [1.29, 1.82) is 0 Å². The van der Waals surface area contributed by atoms with E-state index in [2.05, 4.69) is 5.32 Å². The number of hydrogen-bond donors (Lipinski definition) is 1. The van der Waals surface area contributed by atoms with Crippen LogP contribution in [0.3, 0.4) is 0 Å². The third kappa shape index (κ3) is 8.40. The molecule has 1 aromatic heterocycles. The van der Waals surface area contributed by atoms with Crippen LogP contribution in [-0.2, 0) is 14.3 Å². The van der Waals surface area contributed by atoms with E-state index < -0.39 is 0 Å². The Morgan fingerprint density at radius 2 is 1.92 bits per heavy atom. The Morgan fingerprint density at radius 3 is 2.60 bits per heavy atom. The van der Waals surface area contributed by atoms with Crippen molar-refractivity contribution in [3.63, 3.8) is 0 Å². The summed E-state index contributed by atoms with van der Waals surface area (Å²) in [5.41, 5.74) is 0. The summed E-state index contributed by atoms with van der Waals surface area (Å²) in [6.45, 7) is 4.03. The number of hydrogen-bond acceptors (Lipinski definition) is 5. The molecule has 0 saturated heterocycles. The molecule has 0 unspecified atom stereocenters. The second-order valence-corrected chi connectivity index (χ2v) is 7.88. The summed E-state index contributed by atoms with van der Waals surface area (Å²) in [4.78, 5) is 37.2. The molecule has 0 atom stereocenters. The zero-order valence-electron chi connectivity index (χ0n) is 14.8. The molecule has 25 heavy (non-hydrogen) atoms. The van der Waals surface area contributed by atoms with Gasteiger partial charge in [-0.05, 0) is 44.2 Å². The van der Waals surface area contributed by atoms with Crippen LogP contribution in [-0.4, -0.2) is 37.2 Å². The van der Waals surface area contributed by atoms with Crippen molar-refractivity contribution in [2.75, 3.05) is 19.8 Å². The van der Waals surface area contributed by atoms with Crippen molar-refractivity contribution in [1.82, 2.24) is 5.32 Å². The van der Waals surface area contributed by atoms with Gasteiger partial charge in [0, 0.05) is 50.3 Å². The highest BCUT2D eigenvalue weighted by atomic mass is 32.1. The second kappa shape index (κ2) is 10.5. The largest absolute Gasteiger partial charge is 0.381 e. The van der Waals surface area contributed by atoms with Gasteiger partial charge in [-0.15, -0.1) is 11.3 Å². The number of carbonyl (C=O) groups excluding carboxylic acids is 3. The molecule has 1 heterocycles. The number of aryl methyl sites for hydroxylation is 1. The fraction of sp³-hybridized carbons (Fsp3) is 0.632. The van der Waals surface area contributed by atoms with E-state index >= 15 is 0 Å². The van der Waals surface area contributed by atoms with Crippen molar-refractivity contribution in [3.05, 3.63) is 21.9 Å². The van der Waals surface area contributed by atoms with Gasteiger partial charge >= 0.3 is 0 Å². The van der Waals surface area contributed by atoms with E-state index in [0.29, 0.717) is 18.0 Å². The zero-order valence-corrected chi connectivity index (χ0v) is 15.7. The van der Waals surface area contributed by atoms with Crippen molar-refractivity contribution in [2.45, 2.75) is 51.9 Å². The number of ketones is 2. The lowest BCUT2D eigenvalue weighted by Crippen LogP contribution is -2.25. The predicted molar refractivity (Wildman–Crippen MR) is 98.0 cm³/mol. The Kier molecular flexibility index (Phi) is 8.28. The number of Topliss-reactive ketones (excluding diaryl/α,β-unsaturated/α-hetero) is 2. The zero-order chi connectivity index (χ0) is 18.1. The number of amides is 1. The summed E-state index contributed by atoms with van der Waals surface area (Å²) in [6.07, 6.45) is 4.17. The van der Waals surface area contributed by atoms with Gasteiger partial charge in [0.05, 0.1) is 4.88 Å². The summed E-state index contributed by atoms with van der Waals surface area (Å²) < 4.78 is 5.49. The Bertz CT molecular complexity index is 592. The first kappa shape index (κ1) is 19.8. The summed E-state index contributed by atoms with van der Waals surface area (Å²) in [7, 11) is 0. The minimum absolute atomic E-state index is 0.00194. The Balaban J connectivity index is 1.47. The minimum Gasteiger partial charge on any atom is -0.381 e. The highest BCUT2D eigenvalue weighted by Crippen LogP contribution is 2.28. The van der Waals surface area contributed by atoms with E-state index in [1.54, 1.807) is 6.07 Å². The highest BCUT2D eigenvalue weighted by molar-refractivity contribution is 7.14. The van der Waals surface area contributed by atoms with Crippen LogP contribution in [0.1, 0.15) is 59.5 Å². The van der Waals surface area contributed by atoms with Gasteiger partial charge in [-0.3, -0.25) is 14.4 Å². The fourth-order valence-electron chi connectivity index (χ4n) is 2.36. The second-order valence-electron chi connectivity index (χ2n) is 6.59. The monoisotopic (exact) mass is 365 g/mol. The molecule has 1 aromatic rings. The molecule has 6 heteroatoms. The minimum atomic E-state index is -0.115. The lowest BCUT2D eigenvalue weighted by Gasteiger charge is -2.06.